The van der Waals surface area contributed by atoms with Crippen molar-refractivity contribution in [3.05, 3.63) is 77.6 Å². The Bertz CT molecular complexity index is 1130. The minimum Gasteiger partial charge on any atom is -0.395 e. The standard InChI is InChI=1S/C24H25F3N4O2/c25-20-6-5-19(22(26)23(20)27)18-4-2-1-3-16(18)14-31-15-28-13-21(31)24(33)30-10-7-17(8-11-30)29-9-12-32/h1-6,13,15,17,29,32H,7-12,14H2. The zero-order valence-corrected chi connectivity index (χ0v) is 18.0. The Morgan fingerprint density at radius 3 is 2.58 bits per heavy atom. The van der Waals surface area contributed by atoms with Gasteiger partial charge in [0.2, 0.25) is 0 Å². The third-order valence-corrected chi connectivity index (χ3v) is 5.94. The van der Waals surface area contributed by atoms with Crippen LogP contribution in [0, 0.1) is 17.5 Å². The van der Waals surface area contributed by atoms with Crippen molar-refractivity contribution in [2.45, 2.75) is 25.4 Å². The minimum absolute atomic E-state index is 0.0463. The van der Waals surface area contributed by atoms with Crippen LogP contribution in [-0.4, -0.2) is 57.7 Å². The third-order valence-electron chi connectivity index (χ3n) is 5.94. The number of carbonyl (C=O) groups is 1. The number of hydrogen-bond donors (Lipinski definition) is 2. The first-order valence-corrected chi connectivity index (χ1v) is 10.8. The highest BCUT2D eigenvalue weighted by Gasteiger charge is 2.25. The number of likely N-dealkylation sites (tertiary alicyclic amines) is 1. The zero-order valence-electron chi connectivity index (χ0n) is 18.0. The molecule has 4 rings (SSSR count). The molecule has 0 unspecified atom stereocenters. The number of hydrogen-bond acceptors (Lipinski definition) is 4. The van der Waals surface area contributed by atoms with E-state index >= 15 is 0 Å². The molecule has 2 aromatic carbocycles. The van der Waals surface area contributed by atoms with Crippen LogP contribution in [0.5, 0.6) is 0 Å². The zero-order chi connectivity index (χ0) is 23.4. The van der Waals surface area contributed by atoms with Crippen molar-refractivity contribution in [1.82, 2.24) is 19.8 Å². The second kappa shape index (κ2) is 10.2. The van der Waals surface area contributed by atoms with Gasteiger partial charge in [-0.2, -0.15) is 0 Å². The molecule has 0 bridgehead atoms. The molecular weight excluding hydrogens is 433 g/mol. The van der Waals surface area contributed by atoms with Crippen molar-refractivity contribution in [3.63, 3.8) is 0 Å². The number of imidazole rings is 1. The maximum absolute atomic E-state index is 14.5. The van der Waals surface area contributed by atoms with Crippen molar-refractivity contribution >= 4 is 5.91 Å². The minimum atomic E-state index is -1.52. The average molecular weight is 458 g/mol. The molecule has 3 aromatic rings. The Kier molecular flexibility index (Phi) is 7.10. The fourth-order valence-electron chi connectivity index (χ4n) is 4.18. The molecule has 2 N–H and O–H groups in total. The van der Waals surface area contributed by atoms with Gasteiger partial charge in [-0.25, -0.2) is 18.2 Å². The molecule has 0 aliphatic carbocycles. The number of benzene rings is 2. The lowest BCUT2D eigenvalue weighted by molar-refractivity contribution is 0.0693. The quantitative estimate of drug-likeness (QED) is 0.534. The van der Waals surface area contributed by atoms with Gasteiger partial charge in [0, 0.05) is 37.8 Å². The molecule has 0 spiro atoms. The first kappa shape index (κ1) is 23.0. The summed E-state index contributed by atoms with van der Waals surface area (Å²) in [7, 11) is 0. The summed E-state index contributed by atoms with van der Waals surface area (Å²) in [6.07, 6.45) is 4.61. The Balaban J connectivity index is 1.54. The number of piperidine rings is 1. The van der Waals surface area contributed by atoms with Gasteiger partial charge in [0.15, 0.2) is 17.5 Å². The summed E-state index contributed by atoms with van der Waals surface area (Å²) in [6.45, 7) is 2.00. The average Bonchev–Trinajstić information content (AvgIpc) is 3.30. The second-order valence-electron chi connectivity index (χ2n) is 8.03. The lowest BCUT2D eigenvalue weighted by atomic mass is 9.98. The molecule has 1 fully saturated rings. The van der Waals surface area contributed by atoms with Gasteiger partial charge in [0.1, 0.15) is 5.69 Å². The number of rotatable bonds is 7. The molecule has 1 aromatic heterocycles. The highest BCUT2D eigenvalue weighted by Crippen LogP contribution is 2.29. The molecule has 33 heavy (non-hydrogen) atoms. The topological polar surface area (TPSA) is 70.4 Å². The first-order valence-electron chi connectivity index (χ1n) is 10.8. The molecular formula is C24H25F3N4O2. The molecule has 1 amide bonds. The fourth-order valence-corrected chi connectivity index (χ4v) is 4.18. The smallest absolute Gasteiger partial charge is 0.272 e. The van der Waals surface area contributed by atoms with E-state index in [1.165, 1.54) is 18.6 Å². The van der Waals surface area contributed by atoms with Crippen LogP contribution in [0.25, 0.3) is 11.1 Å². The van der Waals surface area contributed by atoms with Crippen molar-refractivity contribution < 1.29 is 23.1 Å². The monoisotopic (exact) mass is 458 g/mol. The van der Waals surface area contributed by atoms with E-state index in [2.05, 4.69) is 10.3 Å². The van der Waals surface area contributed by atoms with Gasteiger partial charge in [-0.15, -0.1) is 0 Å². The molecule has 1 aliphatic heterocycles. The largest absolute Gasteiger partial charge is 0.395 e. The van der Waals surface area contributed by atoms with E-state index in [1.54, 1.807) is 33.7 Å². The predicted molar refractivity (Wildman–Crippen MR) is 117 cm³/mol. The van der Waals surface area contributed by atoms with Crippen LogP contribution >= 0.6 is 0 Å². The number of aromatic nitrogens is 2. The number of nitrogens with zero attached hydrogens (tertiary/aromatic N) is 3. The summed E-state index contributed by atoms with van der Waals surface area (Å²) in [5.41, 5.74) is 1.41. The third kappa shape index (κ3) is 4.94. The number of nitrogens with one attached hydrogen (secondary N) is 1. The molecule has 9 heteroatoms. The van der Waals surface area contributed by atoms with Crippen molar-refractivity contribution in [1.29, 1.82) is 0 Å². The predicted octanol–water partition coefficient (Wildman–Crippen LogP) is 3.20. The van der Waals surface area contributed by atoms with E-state index in [1.807, 2.05) is 0 Å². The van der Waals surface area contributed by atoms with E-state index in [0.717, 1.165) is 18.9 Å². The van der Waals surface area contributed by atoms with Crippen LogP contribution in [0.4, 0.5) is 13.2 Å². The Morgan fingerprint density at radius 1 is 1.06 bits per heavy atom. The Hall–Kier alpha value is -3.17. The molecule has 0 atom stereocenters. The van der Waals surface area contributed by atoms with Crippen LogP contribution < -0.4 is 5.32 Å². The number of amides is 1. The molecule has 0 saturated carbocycles. The van der Waals surface area contributed by atoms with Crippen LogP contribution in [0.2, 0.25) is 0 Å². The maximum Gasteiger partial charge on any atom is 0.272 e. The maximum atomic E-state index is 14.5. The highest BCUT2D eigenvalue weighted by molar-refractivity contribution is 5.92. The molecule has 0 radical (unpaired) electrons. The van der Waals surface area contributed by atoms with Crippen molar-refractivity contribution in [3.8, 4) is 11.1 Å². The number of halogens is 3. The summed E-state index contributed by atoms with van der Waals surface area (Å²) in [5, 5.41) is 12.2. The highest BCUT2D eigenvalue weighted by atomic mass is 19.2. The summed E-state index contributed by atoms with van der Waals surface area (Å²) < 4.78 is 43.4. The second-order valence-corrected chi connectivity index (χ2v) is 8.03. The molecule has 2 heterocycles. The van der Waals surface area contributed by atoms with Crippen LogP contribution in [0.1, 0.15) is 28.9 Å². The van der Waals surface area contributed by atoms with Gasteiger partial charge in [-0.1, -0.05) is 24.3 Å². The van der Waals surface area contributed by atoms with Gasteiger partial charge in [-0.3, -0.25) is 4.79 Å². The Morgan fingerprint density at radius 2 is 1.82 bits per heavy atom. The number of aliphatic hydroxyl groups excluding tert-OH is 1. The van der Waals surface area contributed by atoms with E-state index in [4.69, 9.17) is 5.11 Å². The molecule has 174 valence electrons. The van der Waals surface area contributed by atoms with E-state index < -0.39 is 17.5 Å². The van der Waals surface area contributed by atoms with Crippen LogP contribution in [-0.2, 0) is 6.54 Å². The van der Waals surface area contributed by atoms with E-state index in [-0.39, 0.29) is 30.7 Å². The van der Waals surface area contributed by atoms with Crippen molar-refractivity contribution in [2.75, 3.05) is 26.2 Å². The fraction of sp³-hybridized carbons (Fsp3) is 0.333. The molecule has 6 nitrogen and oxygen atoms in total. The van der Waals surface area contributed by atoms with Gasteiger partial charge in [0.25, 0.3) is 5.91 Å². The van der Waals surface area contributed by atoms with E-state index in [9.17, 15) is 18.0 Å². The van der Waals surface area contributed by atoms with Gasteiger partial charge < -0.3 is 19.9 Å². The number of carbonyl (C=O) groups excluding carboxylic acids is 1. The van der Waals surface area contributed by atoms with Gasteiger partial charge in [-0.05, 0) is 36.1 Å². The van der Waals surface area contributed by atoms with Crippen molar-refractivity contribution in [2.24, 2.45) is 0 Å². The molecule has 1 aliphatic rings. The lowest BCUT2D eigenvalue weighted by Crippen LogP contribution is -2.45. The summed E-state index contributed by atoms with van der Waals surface area (Å²) in [4.78, 5) is 19.0. The van der Waals surface area contributed by atoms with Gasteiger partial charge in [0.05, 0.1) is 19.1 Å². The van der Waals surface area contributed by atoms with Crippen LogP contribution in [0.15, 0.2) is 48.9 Å². The first-order chi connectivity index (χ1) is 16.0. The van der Waals surface area contributed by atoms with Gasteiger partial charge >= 0.3 is 0 Å². The number of aliphatic hydroxyl groups is 1. The Labute approximate surface area is 189 Å². The lowest BCUT2D eigenvalue weighted by Gasteiger charge is -2.32. The normalized spacial score (nSPS) is 14.6. The SMILES string of the molecule is O=C(c1cncn1Cc1ccccc1-c1ccc(F)c(F)c1F)N1CCC(NCCO)CC1. The van der Waals surface area contributed by atoms with Crippen LogP contribution in [0.3, 0.4) is 0 Å². The van der Waals surface area contributed by atoms with E-state index in [0.29, 0.717) is 36.5 Å². The molecule has 1 saturated heterocycles. The summed E-state index contributed by atoms with van der Waals surface area (Å²) in [6, 6.07) is 9.21. The summed E-state index contributed by atoms with van der Waals surface area (Å²) in [5.74, 6) is -4.16. The summed E-state index contributed by atoms with van der Waals surface area (Å²) >= 11 is 0.